The molecule has 0 unspecified atom stereocenters. The number of nitrogens with zero attached hydrogens (tertiary/aromatic N) is 3. The van der Waals surface area contributed by atoms with Crippen molar-refractivity contribution in [2.24, 2.45) is 0 Å². The highest BCUT2D eigenvalue weighted by atomic mass is 32.2. The average Bonchev–Trinajstić information content (AvgIpc) is 3.20. The SMILES string of the molecule is CC(C)(C)c1ccc(-c2nnc(SCC(=O)c3ccccc3)n2Cc2ccccc2)cc1. The molecular weight excluding hydrogens is 414 g/mol. The molecule has 0 amide bonds. The summed E-state index contributed by atoms with van der Waals surface area (Å²) >= 11 is 1.43. The highest BCUT2D eigenvalue weighted by Crippen LogP contribution is 2.28. The number of hydrogen-bond donors (Lipinski definition) is 0. The van der Waals surface area contributed by atoms with Crippen molar-refractivity contribution in [1.82, 2.24) is 14.8 Å². The quantitative estimate of drug-likeness (QED) is 0.251. The molecule has 4 rings (SSSR count). The first kappa shape index (κ1) is 22.0. The van der Waals surface area contributed by atoms with Crippen LogP contribution in [0.5, 0.6) is 0 Å². The highest BCUT2D eigenvalue weighted by Gasteiger charge is 2.18. The average molecular weight is 442 g/mol. The second-order valence-electron chi connectivity index (χ2n) is 8.78. The van der Waals surface area contributed by atoms with E-state index in [2.05, 4.69) is 71.9 Å². The molecule has 32 heavy (non-hydrogen) atoms. The lowest BCUT2D eigenvalue weighted by Crippen LogP contribution is -2.10. The van der Waals surface area contributed by atoms with Crippen LogP contribution in [-0.2, 0) is 12.0 Å². The van der Waals surface area contributed by atoms with Crippen LogP contribution in [0, 0.1) is 0 Å². The third kappa shape index (κ3) is 5.17. The Kier molecular flexibility index (Phi) is 6.56. The Hall–Kier alpha value is -3.18. The largest absolute Gasteiger partial charge is 0.298 e. The van der Waals surface area contributed by atoms with Crippen molar-refractivity contribution in [3.8, 4) is 11.4 Å². The van der Waals surface area contributed by atoms with Gasteiger partial charge >= 0.3 is 0 Å². The molecule has 3 aromatic carbocycles. The number of rotatable bonds is 7. The number of Topliss-reactive ketones (excluding diaryl/α,β-unsaturated/α-hetero) is 1. The van der Waals surface area contributed by atoms with E-state index in [-0.39, 0.29) is 11.2 Å². The molecule has 0 atom stereocenters. The molecule has 0 saturated heterocycles. The third-order valence-electron chi connectivity index (χ3n) is 5.34. The normalized spacial score (nSPS) is 11.5. The number of carbonyl (C=O) groups excluding carboxylic acids is 1. The lowest BCUT2D eigenvalue weighted by Gasteiger charge is -2.19. The molecule has 162 valence electrons. The molecule has 0 spiro atoms. The Balaban J connectivity index is 1.63. The van der Waals surface area contributed by atoms with Gasteiger partial charge in [-0.3, -0.25) is 9.36 Å². The van der Waals surface area contributed by atoms with Gasteiger partial charge in [0.2, 0.25) is 0 Å². The van der Waals surface area contributed by atoms with Gasteiger partial charge in [-0.25, -0.2) is 0 Å². The van der Waals surface area contributed by atoms with Gasteiger partial charge in [0.05, 0.1) is 12.3 Å². The van der Waals surface area contributed by atoms with Gasteiger partial charge in [0.25, 0.3) is 0 Å². The van der Waals surface area contributed by atoms with E-state index in [1.54, 1.807) is 0 Å². The van der Waals surface area contributed by atoms with Crippen molar-refractivity contribution in [3.05, 3.63) is 102 Å². The van der Waals surface area contributed by atoms with Gasteiger partial charge in [-0.1, -0.05) is 117 Å². The second-order valence-corrected chi connectivity index (χ2v) is 9.73. The van der Waals surface area contributed by atoms with Gasteiger partial charge in [0.15, 0.2) is 16.8 Å². The topological polar surface area (TPSA) is 47.8 Å². The van der Waals surface area contributed by atoms with Crippen molar-refractivity contribution in [2.45, 2.75) is 37.9 Å². The van der Waals surface area contributed by atoms with Crippen LogP contribution in [0.25, 0.3) is 11.4 Å². The molecule has 0 N–H and O–H groups in total. The fourth-order valence-electron chi connectivity index (χ4n) is 3.47. The molecular formula is C27H27N3OS. The van der Waals surface area contributed by atoms with E-state index in [0.29, 0.717) is 17.9 Å². The molecule has 1 heterocycles. The number of ketones is 1. The van der Waals surface area contributed by atoms with E-state index in [0.717, 1.165) is 22.1 Å². The van der Waals surface area contributed by atoms with E-state index in [9.17, 15) is 4.79 Å². The van der Waals surface area contributed by atoms with Crippen molar-refractivity contribution < 1.29 is 4.79 Å². The number of benzene rings is 3. The van der Waals surface area contributed by atoms with Crippen LogP contribution < -0.4 is 0 Å². The van der Waals surface area contributed by atoms with E-state index in [1.807, 2.05) is 48.5 Å². The van der Waals surface area contributed by atoms with Crippen LogP contribution in [0.15, 0.2) is 90.1 Å². The summed E-state index contributed by atoms with van der Waals surface area (Å²) < 4.78 is 2.10. The van der Waals surface area contributed by atoms with Crippen LogP contribution in [0.3, 0.4) is 0 Å². The van der Waals surface area contributed by atoms with Crippen LogP contribution in [0.2, 0.25) is 0 Å². The number of aromatic nitrogens is 3. The second kappa shape index (κ2) is 9.53. The molecule has 1 aromatic heterocycles. The first-order valence-corrected chi connectivity index (χ1v) is 11.7. The monoisotopic (exact) mass is 441 g/mol. The van der Waals surface area contributed by atoms with Gasteiger partial charge in [-0.15, -0.1) is 10.2 Å². The first-order chi connectivity index (χ1) is 15.4. The van der Waals surface area contributed by atoms with Gasteiger partial charge in [-0.2, -0.15) is 0 Å². The predicted molar refractivity (Wildman–Crippen MR) is 131 cm³/mol. The van der Waals surface area contributed by atoms with Crippen molar-refractivity contribution in [2.75, 3.05) is 5.75 Å². The van der Waals surface area contributed by atoms with Crippen molar-refractivity contribution in [1.29, 1.82) is 0 Å². The minimum absolute atomic E-state index is 0.0842. The fourth-order valence-corrected chi connectivity index (χ4v) is 4.31. The third-order valence-corrected chi connectivity index (χ3v) is 6.30. The molecule has 0 aliphatic carbocycles. The van der Waals surface area contributed by atoms with E-state index >= 15 is 0 Å². The van der Waals surface area contributed by atoms with Crippen LogP contribution in [-0.4, -0.2) is 26.3 Å². The molecule has 4 nitrogen and oxygen atoms in total. The number of hydrogen-bond acceptors (Lipinski definition) is 4. The maximum absolute atomic E-state index is 12.6. The zero-order valence-electron chi connectivity index (χ0n) is 18.7. The fraction of sp³-hybridized carbons (Fsp3) is 0.222. The molecule has 5 heteroatoms. The molecule has 0 fully saturated rings. The van der Waals surface area contributed by atoms with Crippen LogP contribution in [0.4, 0.5) is 0 Å². The lowest BCUT2D eigenvalue weighted by molar-refractivity contribution is 0.102. The van der Waals surface area contributed by atoms with Gasteiger partial charge in [-0.05, 0) is 16.5 Å². The highest BCUT2D eigenvalue weighted by molar-refractivity contribution is 7.99. The Morgan fingerprint density at radius 3 is 2.09 bits per heavy atom. The van der Waals surface area contributed by atoms with E-state index < -0.39 is 0 Å². The van der Waals surface area contributed by atoms with E-state index in [1.165, 1.54) is 17.3 Å². The van der Waals surface area contributed by atoms with Crippen LogP contribution in [0.1, 0.15) is 42.3 Å². The summed E-state index contributed by atoms with van der Waals surface area (Å²) in [5.41, 5.74) is 4.26. The maximum atomic E-state index is 12.6. The molecule has 0 bridgehead atoms. The molecule has 4 aromatic rings. The van der Waals surface area contributed by atoms with Crippen molar-refractivity contribution in [3.63, 3.8) is 0 Å². The Labute approximate surface area is 193 Å². The van der Waals surface area contributed by atoms with Crippen molar-refractivity contribution >= 4 is 17.5 Å². The standard InChI is InChI=1S/C27H27N3OS/c1-27(2,3)23-16-14-22(15-17-23)25-28-29-26(30(25)18-20-10-6-4-7-11-20)32-19-24(31)21-12-8-5-9-13-21/h4-17H,18-19H2,1-3H3. The summed E-state index contributed by atoms with van der Waals surface area (Å²) in [5.74, 6) is 1.21. The maximum Gasteiger partial charge on any atom is 0.192 e. The summed E-state index contributed by atoms with van der Waals surface area (Å²) in [6, 6.07) is 28.2. The summed E-state index contributed by atoms with van der Waals surface area (Å²) in [4.78, 5) is 12.6. The van der Waals surface area contributed by atoms with Gasteiger partial charge in [0, 0.05) is 11.1 Å². The smallest absolute Gasteiger partial charge is 0.192 e. The molecule has 0 radical (unpaired) electrons. The van der Waals surface area contributed by atoms with E-state index in [4.69, 9.17) is 0 Å². The Morgan fingerprint density at radius 1 is 0.844 bits per heavy atom. The number of carbonyl (C=O) groups is 1. The summed E-state index contributed by atoms with van der Waals surface area (Å²) in [7, 11) is 0. The van der Waals surface area contributed by atoms with Gasteiger partial charge in [0.1, 0.15) is 0 Å². The number of thioether (sulfide) groups is 1. The lowest BCUT2D eigenvalue weighted by atomic mass is 9.87. The predicted octanol–water partition coefficient (Wildman–Crippen LogP) is 6.27. The summed E-state index contributed by atoms with van der Waals surface area (Å²) in [5, 5.41) is 9.70. The molecule has 0 aliphatic heterocycles. The minimum Gasteiger partial charge on any atom is -0.298 e. The minimum atomic E-state index is 0.0842. The molecule has 0 saturated carbocycles. The zero-order chi connectivity index (χ0) is 22.6. The Bertz CT molecular complexity index is 1180. The van der Waals surface area contributed by atoms with Gasteiger partial charge < -0.3 is 0 Å². The Morgan fingerprint density at radius 2 is 1.47 bits per heavy atom. The van der Waals surface area contributed by atoms with Crippen LogP contribution >= 0.6 is 11.8 Å². The molecule has 0 aliphatic rings. The zero-order valence-corrected chi connectivity index (χ0v) is 19.5. The summed E-state index contributed by atoms with van der Waals surface area (Å²) in [6.45, 7) is 7.27. The summed E-state index contributed by atoms with van der Waals surface area (Å²) in [6.07, 6.45) is 0. The first-order valence-electron chi connectivity index (χ1n) is 10.7.